The maximum absolute atomic E-state index is 13.3. The van der Waals surface area contributed by atoms with Crippen molar-refractivity contribution in [1.82, 2.24) is 9.21 Å². The van der Waals surface area contributed by atoms with Crippen molar-refractivity contribution in [1.29, 1.82) is 0 Å². The van der Waals surface area contributed by atoms with Gasteiger partial charge >= 0.3 is 0 Å². The predicted octanol–water partition coefficient (Wildman–Crippen LogP) is 2.32. The lowest BCUT2D eigenvalue weighted by atomic mass is 9.84. The molecule has 2 aliphatic rings. The van der Waals surface area contributed by atoms with Gasteiger partial charge in [-0.05, 0) is 55.3 Å². The highest BCUT2D eigenvalue weighted by Gasteiger charge is 2.33. The second-order valence-electron chi connectivity index (χ2n) is 6.91. The summed E-state index contributed by atoms with van der Waals surface area (Å²) in [6.07, 6.45) is 4.39. The van der Waals surface area contributed by atoms with Crippen LogP contribution in [-0.2, 0) is 16.6 Å². The summed E-state index contributed by atoms with van der Waals surface area (Å²) in [5.74, 6) is 1.09. The van der Waals surface area contributed by atoms with Crippen molar-refractivity contribution in [2.75, 3.05) is 32.4 Å². The van der Waals surface area contributed by atoms with Gasteiger partial charge in [-0.3, -0.25) is 4.90 Å². The zero-order chi connectivity index (χ0) is 16.4. The molecule has 6 heteroatoms. The predicted molar refractivity (Wildman–Crippen MR) is 88.9 cm³/mol. The van der Waals surface area contributed by atoms with Gasteiger partial charge in [0, 0.05) is 26.2 Å². The summed E-state index contributed by atoms with van der Waals surface area (Å²) in [5.41, 5.74) is 1.03. The summed E-state index contributed by atoms with van der Waals surface area (Å²) in [6.45, 7) is 4.21. The minimum atomic E-state index is -3.04. The number of piperidine rings is 1. The van der Waals surface area contributed by atoms with Crippen LogP contribution in [0.15, 0.2) is 24.3 Å². The average molecular weight is 340 g/mol. The van der Waals surface area contributed by atoms with Gasteiger partial charge in [-0.15, -0.1) is 0 Å². The molecule has 2 heterocycles. The Morgan fingerprint density at radius 2 is 1.83 bits per heavy atom. The summed E-state index contributed by atoms with van der Waals surface area (Å²) >= 11 is 0. The molecule has 0 aliphatic carbocycles. The molecule has 1 unspecified atom stereocenters. The second-order valence-corrected chi connectivity index (χ2v) is 8.90. The molecule has 2 saturated heterocycles. The first-order valence-electron chi connectivity index (χ1n) is 8.34. The van der Waals surface area contributed by atoms with E-state index in [9.17, 15) is 12.8 Å². The van der Waals surface area contributed by atoms with Gasteiger partial charge in [0.1, 0.15) is 5.82 Å². The number of likely N-dealkylation sites (tertiary alicyclic amines) is 1. The van der Waals surface area contributed by atoms with Crippen molar-refractivity contribution in [3.05, 3.63) is 35.6 Å². The topological polar surface area (TPSA) is 40.6 Å². The maximum atomic E-state index is 13.3. The molecular formula is C17H25FN2O2S. The first-order chi connectivity index (χ1) is 10.9. The first kappa shape index (κ1) is 16.9. The third-order valence-corrected chi connectivity index (χ3v) is 6.54. The number of nitrogens with zero attached hydrogens (tertiary/aromatic N) is 2. The van der Waals surface area contributed by atoms with E-state index in [0.29, 0.717) is 24.9 Å². The van der Waals surface area contributed by atoms with Gasteiger partial charge in [-0.2, -0.15) is 0 Å². The number of benzene rings is 1. The molecule has 1 atom stereocenters. The van der Waals surface area contributed by atoms with Crippen LogP contribution in [0.25, 0.3) is 0 Å². The van der Waals surface area contributed by atoms with Crippen molar-refractivity contribution in [2.45, 2.75) is 25.8 Å². The molecule has 0 spiro atoms. The van der Waals surface area contributed by atoms with Crippen LogP contribution in [-0.4, -0.2) is 50.1 Å². The van der Waals surface area contributed by atoms with E-state index in [-0.39, 0.29) is 5.82 Å². The van der Waals surface area contributed by atoms with Crippen LogP contribution in [0.5, 0.6) is 0 Å². The van der Waals surface area contributed by atoms with E-state index in [1.54, 1.807) is 16.4 Å². The Morgan fingerprint density at radius 1 is 1.13 bits per heavy atom. The summed E-state index contributed by atoms with van der Waals surface area (Å²) in [5, 5.41) is 0. The Balaban J connectivity index is 1.51. The summed E-state index contributed by atoms with van der Waals surface area (Å²) in [6, 6.07) is 6.82. The fourth-order valence-electron chi connectivity index (χ4n) is 3.96. The molecule has 1 aromatic rings. The minimum absolute atomic E-state index is 0.175. The molecule has 2 aliphatic heterocycles. The summed E-state index contributed by atoms with van der Waals surface area (Å²) in [7, 11) is -3.04. The van der Waals surface area contributed by atoms with E-state index in [1.165, 1.54) is 18.7 Å². The van der Waals surface area contributed by atoms with Gasteiger partial charge < -0.3 is 0 Å². The highest BCUT2D eigenvalue weighted by Crippen LogP contribution is 2.33. The SMILES string of the molecule is CS(=O)(=O)N1CCC(C2CCN(Cc3cccc(F)c3)C2)CC1. The first-order valence-corrected chi connectivity index (χ1v) is 10.2. The van der Waals surface area contributed by atoms with Gasteiger partial charge in [0.2, 0.25) is 10.0 Å². The molecule has 0 aromatic heterocycles. The van der Waals surface area contributed by atoms with Crippen LogP contribution in [0.3, 0.4) is 0 Å². The molecule has 0 bridgehead atoms. The minimum Gasteiger partial charge on any atom is -0.299 e. The highest BCUT2D eigenvalue weighted by molar-refractivity contribution is 7.88. The van der Waals surface area contributed by atoms with Gasteiger partial charge in [-0.25, -0.2) is 17.1 Å². The lowest BCUT2D eigenvalue weighted by Crippen LogP contribution is -2.39. The van der Waals surface area contributed by atoms with E-state index < -0.39 is 10.0 Å². The molecule has 128 valence electrons. The van der Waals surface area contributed by atoms with E-state index in [1.807, 2.05) is 6.07 Å². The zero-order valence-corrected chi connectivity index (χ0v) is 14.4. The molecule has 23 heavy (non-hydrogen) atoms. The number of sulfonamides is 1. The van der Waals surface area contributed by atoms with E-state index >= 15 is 0 Å². The highest BCUT2D eigenvalue weighted by atomic mass is 32.2. The molecule has 0 N–H and O–H groups in total. The molecule has 0 amide bonds. The van der Waals surface area contributed by atoms with Crippen molar-refractivity contribution in [2.24, 2.45) is 11.8 Å². The molecule has 0 radical (unpaired) electrons. The van der Waals surface area contributed by atoms with Crippen molar-refractivity contribution in [3.63, 3.8) is 0 Å². The maximum Gasteiger partial charge on any atom is 0.211 e. The third-order valence-electron chi connectivity index (χ3n) is 5.24. The zero-order valence-electron chi connectivity index (χ0n) is 13.6. The Morgan fingerprint density at radius 3 is 2.48 bits per heavy atom. The van der Waals surface area contributed by atoms with Gasteiger partial charge in [0.25, 0.3) is 0 Å². The monoisotopic (exact) mass is 340 g/mol. The lowest BCUT2D eigenvalue weighted by molar-refractivity contribution is 0.202. The van der Waals surface area contributed by atoms with E-state index in [0.717, 1.165) is 38.0 Å². The number of hydrogen-bond acceptors (Lipinski definition) is 3. The van der Waals surface area contributed by atoms with Gasteiger partial charge in [-0.1, -0.05) is 12.1 Å². The Hall–Kier alpha value is -0.980. The lowest BCUT2D eigenvalue weighted by Gasteiger charge is -2.33. The third kappa shape index (κ3) is 4.31. The van der Waals surface area contributed by atoms with Crippen LogP contribution in [0.1, 0.15) is 24.8 Å². The Kier molecular flexibility index (Phi) is 5.04. The molecule has 3 rings (SSSR count). The fourth-order valence-corrected chi connectivity index (χ4v) is 4.84. The average Bonchev–Trinajstić information content (AvgIpc) is 2.95. The second kappa shape index (κ2) is 6.87. The van der Waals surface area contributed by atoms with Crippen LogP contribution in [0.4, 0.5) is 4.39 Å². The Labute approximate surface area is 138 Å². The fraction of sp³-hybridized carbons (Fsp3) is 0.647. The van der Waals surface area contributed by atoms with Crippen LogP contribution in [0.2, 0.25) is 0 Å². The van der Waals surface area contributed by atoms with Crippen LogP contribution < -0.4 is 0 Å². The molecular weight excluding hydrogens is 315 g/mol. The number of rotatable bonds is 4. The largest absolute Gasteiger partial charge is 0.299 e. The Bertz CT molecular complexity index is 642. The molecule has 1 aromatic carbocycles. The summed E-state index contributed by atoms with van der Waals surface area (Å²) in [4.78, 5) is 2.39. The van der Waals surface area contributed by atoms with Crippen molar-refractivity contribution >= 4 is 10.0 Å². The van der Waals surface area contributed by atoms with Gasteiger partial charge in [0.05, 0.1) is 6.26 Å². The van der Waals surface area contributed by atoms with E-state index in [2.05, 4.69) is 4.90 Å². The van der Waals surface area contributed by atoms with Crippen molar-refractivity contribution in [3.8, 4) is 0 Å². The van der Waals surface area contributed by atoms with Gasteiger partial charge in [0.15, 0.2) is 0 Å². The molecule has 4 nitrogen and oxygen atoms in total. The van der Waals surface area contributed by atoms with Crippen molar-refractivity contribution < 1.29 is 12.8 Å². The standard InChI is InChI=1S/C17H25FN2O2S/c1-23(21,22)20-9-6-15(7-10-20)16-5-8-19(13-16)12-14-3-2-4-17(18)11-14/h2-4,11,15-16H,5-10,12-13H2,1H3. The number of hydrogen-bond donors (Lipinski definition) is 0. The van der Waals surface area contributed by atoms with Crippen LogP contribution >= 0.6 is 0 Å². The molecule has 2 fully saturated rings. The smallest absolute Gasteiger partial charge is 0.211 e. The molecule has 0 saturated carbocycles. The van der Waals surface area contributed by atoms with E-state index in [4.69, 9.17) is 0 Å². The normalized spacial score (nSPS) is 25.0. The van der Waals surface area contributed by atoms with Crippen LogP contribution in [0, 0.1) is 17.7 Å². The quantitative estimate of drug-likeness (QED) is 0.845. The number of halogens is 1. The summed E-state index contributed by atoms with van der Waals surface area (Å²) < 4.78 is 38.0.